The molecule has 18 heavy (non-hydrogen) atoms. The van der Waals surface area contributed by atoms with Crippen LogP contribution < -0.4 is 10.6 Å². The molecule has 2 N–H and O–H groups in total. The van der Waals surface area contributed by atoms with E-state index in [0.29, 0.717) is 11.2 Å². The SMILES string of the molecule is Cc1ccc(NC(=S)NCC2CCCO2)c(Br)c1. The molecule has 1 atom stereocenters. The summed E-state index contributed by atoms with van der Waals surface area (Å²) < 4.78 is 6.55. The van der Waals surface area contributed by atoms with Crippen molar-refractivity contribution in [2.75, 3.05) is 18.5 Å². The lowest BCUT2D eigenvalue weighted by Gasteiger charge is -2.15. The highest BCUT2D eigenvalue weighted by Crippen LogP contribution is 2.23. The van der Waals surface area contributed by atoms with E-state index in [1.807, 2.05) is 6.07 Å². The first-order chi connectivity index (χ1) is 8.65. The second-order valence-electron chi connectivity index (χ2n) is 4.45. The molecule has 5 heteroatoms. The number of nitrogens with one attached hydrogen (secondary N) is 2. The second kappa shape index (κ2) is 6.50. The minimum Gasteiger partial charge on any atom is -0.376 e. The van der Waals surface area contributed by atoms with Gasteiger partial charge in [-0.25, -0.2) is 0 Å². The van der Waals surface area contributed by atoms with Crippen molar-refractivity contribution in [3.05, 3.63) is 28.2 Å². The first kappa shape index (κ1) is 13.8. The topological polar surface area (TPSA) is 33.3 Å². The summed E-state index contributed by atoms with van der Waals surface area (Å²) in [5, 5.41) is 7.00. The minimum absolute atomic E-state index is 0.297. The summed E-state index contributed by atoms with van der Waals surface area (Å²) in [6.45, 7) is 3.70. The number of aryl methyl sites for hydroxylation is 1. The molecular weight excluding hydrogens is 312 g/mol. The van der Waals surface area contributed by atoms with Crippen LogP contribution in [-0.4, -0.2) is 24.4 Å². The van der Waals surface area contributed by atoms with Crippen LogP contribution in [0.15, 0.2) is 22.7 Å². The Labute approximate surface area is 121 Å². The fourth-order valence-corrected chi connectivity index (χ4v) is 2.69. The van der Waals surface area contributed by atoms with Gasteiger partial charge in [-0.05, 0) is 65.6 Å². The Bertz CT molecular complexity index is 433. The van der Waals surface area contributed by atoms with E-state index < -0.39 is 0 Å². The lowest BCUT2D eigenvalue weighted by molar-refractivity contribution is 0.114. The molecule has 0 amide bonds. The summed E-state index contributed by atoms with van der Waals surface area (Å²) in [6, 6.07) is 6.13. The van der Waals surface area contributed by atoms with E-state index in [1.165, 1.54) is 5.56 Å². The van der Waals surface area contributed by atoms with Crippen LogP contribution in [-0.2, 0) is 4.74 Å². The fraction of sp³-hybridized carbons (Fsp3) is 0.462. The molecule has 2 rings (SSSR count). The molecule has 1 aliphatic heterocycles. The summed E-state index contributed by atoms with van der Waals surface area (Å²) in [4.78, 5) is 0. The number of ether oxygens (including phenoxy) is 1. The predicted octanol–water partition coefficient (Wildman–Crippen LogP) is 3.22. The monoisotopic (exact) mass is 328 g/mol. The van der Waals surface area contributed by atoms with E-state index in [0.717, 1.165) is 36.2 Å². The number of benzene rings is 1. The van der Waals surface area contributed by atoms with Gasteiger partial charge in [0.2, 0.25) is 0 Å². The summed E-state index contributed by atoms with van der Waals surface area (Å²) in [5.41, 5.74) is 2.19. The van der Waals surface area contributed by atoms with Crippen molar-refractivity contribution < 1.29 is 4.74 Å². The number of thiocarbonyl (C=S) groups is 1. The lowest BCUT2D eigenvalue weighted by atomic mass is 10.2. The normalized spacial score (nSPS) is 18.7. The molecule has 0 aromatic heterocycles. The van der Waals surface area contributed by atoms with Gasteiger partial charge in [-0.15, -0.1) is 0 Å². The zero-order valence-electron chi connectivity index (χ0n) is 10.3. The van der Waals surface area contributed by atoms with E-state index in [-0.39, 0.29) is 0 Å². The van der Waals surface area contributed by atoms with Crippen molar-refractivity contribution in [3.8, 4) is 0 Å². The summed E-state index contributed by atoms with van der Waals surface area (Å²) in [6.07, 6.45) is 2.56. The van der Waals surface area contributed by atoms with Crippen molar-refractivity contribution in [1.82, 2.24) is 5.32 Å². The third kappa shape index (κ3) is 3.93. The van der Waals surface area contributed by atoms with Crippen molar-refractivity contribution in [3.63, 3.8) is 0 Å². The number of hydrogen-bond acceptors (Lipinski definition) is 2. The fourth-order valence-electron chi connectivity index (χ4n) is 1.90. The summed E-state index contributed by atoms with van der Waals surface area (Å²) >= 11 is 8.78. The number of halogens is 1. The molecule has 98 valence electrons. The minimum atomic E-state index is 0.297. The Morgan fingerprint density at radius 2 is 2.39 bits per heavy atom. The zero-order chi connectivity index (χ0) is 13.0. The van der Waals surface area contributed by atoms with Crippen LogP contribution >= 0.6 is 28.1 Å². The molecule has 1 heterocycles. The molecule has 0 radical (unpaired) electrons. The van der Waals surface area contributed by atoms with Gasteiger partial charge >= 0.3 is 0 Å². The molecule has 1 aromatic rings. The number of hydrogen-bond donors (Lipinski definition) is 2. The van der Waals surface area contributed by atoms with Gasteiger partial charge in [-0.3, -0.25) is 0 Å². The van der Waals surface area contributed by atoms with Crippen molar-refractivity contribution in [2.24, 2.45) is 0 Å². The van der Waals surface area contributed by atoms with Crippen LogP contribution in [0.5, 0.6) is 0 Å². The summed E-state index contributed by atoms with van der Waals surface area (Å²) in [7, 11) is 0. The molecule has 0 aliphatic carbocycles. The van der Waals surface area contributed by atoms with Crippen LogP contribution in [0, 0.1) is 6.92 Å². The highest BCUT2D eigenvalue weighted by atomic mass is 79.9. The van der Waals surface area contributed by atoms with Gasteiger partial charge in [0.1, 0.15) is 0 Å². The average Bonchev–Trinajstić information content (AvgIpc) is 2.83. The highest BCUT2D eigenvalue weighted by molar-refractivity contribution is 9.10. The Hall–Kier alpha value is -0.650. The third-order valence-corrected chi connectivity index (χ3v) is 3.79. The van der Waals surface area contributed by atoms with Gasteiger partial charge in [0.05, 0.1) is 11.8 Å². The molecule has 0 saturated carbocycles. The first-order valence-electron chi connectivity index (χ1n) is 6.08. The third-order valence-electron chi connectivity index (χ3n) is 2.89. The molecule has 0 spiro atoms. The Balaban J connectivity index is 1.82. The Kier molecular flexibility index (Phi) is 4.97. The van der Waals surface area contributed by atoms with Crippen LogP contribution in [0.25, 0.3) is 0 Å². The maximum atomic E-state index is 5.53. The lowest BCUT2D eigenvalue weighted by Crippen LogP contribution is -2.34. The van der Waals surface area contributed by atoms with Crippen molar-refractivity contribution >= 4 is 38.9 Å². The zero-order valence-corrected chi connectivity index (χ0v) is 12.7. The largest absolute Gasteiger partial charge is 0.376 e. The smallest absolute Gasteiger partial charge is 0.170 e. The van der Waals surface area contributed by atoms with Gasteiger partial charge in [0.15, 0.2) is 5.11 Å². The van der Waals surface area contributed by atoms with Crippen LogP contribution in [0.2, 0.25) is 0 Å². The molecular formula is C13H17BrN2OS. The quantitative estimate of drug-likeness (QED) is 0.835. The number of rotatable bonds is 3. The molecule has 3 nitrogen and oxygen atoms in total. The van der Waals surface area contributed by atoms with Crippen LogP contribution in [0.1, 0.15) is 18.4 Å². The molecule has 1 fully saturated rings. The highest BCUT2D eigenvalue weighted by Gasteiger charge is 2.15. The van der Waals surface area contributed by atoms with Gasteiger partial charge in [-0.2, -0.15) is 0 Å². The maximum absolute atomic E-state index is 5.53. The van der Waals surface area contributed by atoms with E-state index >= 15 is 0 Å². The predicted molar refractivity (Wildman–Crippen MR) is 82.1 cm³/mol. The Morgan fingerprint density at radius 3 is 3.06 bits per heavy atom. The van der Waals surface area contributed by atoms with Gasteiger partial charge in [-0.1, -0.05) is 6.07 Å². The Morgan fingerprint density at radius 1 is 1.56 bits per heavy atom. The maximum Gasteiger partial charge on any atom is 0.170 e. The average molecular weight is 329 g/mol. The first-order valence-corrected chi connectivity index (χ1v) is 7.28. The second-order valence-corrected chi connectivity index (χ2v) is 5.72. The van der Waals surface area contributed by atoms with Gasteiger partial charge in [0.25, 0.3) is 0 Å². The molecule has 0 bridgehead atoms. The van der Waals surface area contributed by atoms with E-state index in [9.17, 15) is 0 Å². The van der Waals surface area contributed by atoms with Gasteiger partial charge < -0.3 is 15.4 Å². The summed E-state index contributed by atoms with van der Waals surface area (Å²) in [5.74, 6) is 0. The van der Waals surface area contributed by atoms with E-state index in [2.05, 4.69) is 45.6 Å². The van der Waals surface area contributed by atoms with Crippen LogP contribution in [0.3, 0.4) is 0 Å². The van der Waals surface area contributed by atoms with Crippen molar-refractivity contribution in [1.29, 1.82) is 0 Å². The molecule has 1 aromatic carbocycles. The standard InChI is InChI=1S/C13H17BrN2OS/c1-9-4-5-12(11(14)7-9)16-13(18)15-8-10-3-2-6-17-10/h4-5,7,10H,2-3,6,8H2,1H3,(H2,15,16,18). The molecule has 1 saturated heterocycles. The van der Waals surface area contributed by atoms with E-state index in [1.54, 1.807) is 0 Å². The van der Waals surface area contributed by atoms with E-state index in [4.69, 9.17) is 17.0 Å². The van der Waals surface area contributed by atoms with Crippen LogP contribution in [0.4, 0.5) is 5.69 Å². The van der Waals surface area contributed by atoms with Gasteiger partial charge in [0, 0.05) is 17.6 Å². The van der Waals surface area contributed by atoms with Crippen molar-refractivity contribution in [2.45, 2.75) is 25.9 Å². The molecule has 1 aliphatic rings. The number of anilines is 1. The molecule has 1 unspecified atom stereocenters.